The molecule has 0 spiro atoms. The number of thioether (sulfide) groups is 1. The molecule has 0 radical (unpaired) electrons. The number of hydrogen-bond acceptors (Lipinski definition) is 4. The smallest absolute Gasteiger partial charge is 0.230 e. The first-order chi connectivity index (χ1) is 12.4. The van der Waals surface area contributed by atoms with Gasteiger partial charge >= 0.3 is 0 Å². The molecule has 0 fully saturated rings. The van der Waals surface area contributed by atoms with E-state index in [1.165, 1.54) is 11.8 Å². The maximum atomic E-state index is 12.2. The highest BCUT2D eigenvalue weighted by atomic mass is 35.5. The normalized spacial score (nSPS) is 12.1. The summed E-state index contributed by atoms with van der Waals surface area (Å²) in [5.74, 6) is 1.02. The average Bonchev–Trinajstić information content (AvgIpc) is 2.62. The number of nitrogens with zero attached hydrogens (tertiary/aromatic N) is 1. The van der Waals surface area contributed by atoms with Crippen LogP contribution in [0, 0.1) is 0 Å². The van der Waals surface area contributed by atoms with Gasteiger partial charge in [-0.3, -0.25) is 4.79 Å². The Hall–Kier alpha value is -1.40. The lowest BCUT2D eigenvalue weighted by Gasteiger charge is -2.25. The highest BCUT2D eigenvalue weighted by Crippen LogP contribution is 2.29. The fourth-order valence-corrected chi connectivity index (χ4v) is 3.76. The van der Waals surface area contributed by atoms with Crippen molar-refractivity contribution in [2.75, 3.05) is 33.5 Å². The number of amides is 1. The van der Waals surface area contributed by atoms with E-state index < -0.39 is 0 Å². The molecule has 0 saturated heterocycles. The van der Waals surface area contributed by atoms with Gasteiger partial charge in [-0.15, -0.1) is 11.8 Å². The summed E-state index contributed by atoms with van der Waals surface area (Å²) in [5.41, 5.74) is 1.08. The number of carbonyl (C=O) groups excluding carboxylic acids is 1. The number of halogens is 2. The van der Waals surface area contributed by atoms with Crippen LogP contribution >= 0.6 is 35.0 Å². The van der Waals surface area contributed by atoms with E-state index in [0.717, 1.165) is 16.2 Å². The van der Waals surface area contributed by atoms with Gasteiger partial charge in [0.1, 0.15) is 5.75 Å². The number of nitrogens with one attached hydrogen (secondary N) is 1. The summed E-state index contributed by atoms with van der Waals surface area (Å²) in [5, 5.41) is 4.18. The first-order valence-corrected chi connectivity index (χ1v) is 9.79. The van der Waals surface area contributed by atoms with E-state index >= 15 is 0 Å². The Labute approximate surface area is 168 Å². The van der Waals surface area contributed by atoms with E-state index in [-0.39, 0.29) is 17.7 Å². The third-order valence-corrected chi connectivity index (χ3v) is 5.58. The largest absolute Gasteiger partial charge is 0.497 e. The van der Waals surface area contributed by atoms with Gasteiger partial charge in [0.15, 0.2) is 0 Å². The van der Waals surface area contributed by atoms with Gasteiger partial charge in [0.05, 0.1) is 23.9 Å². The molecule has 0 aliphatic heterocycles. The first-order valence-electron chi connectivity index (χ1n) is 8.05. The molecule has 0 heterocycles. The Balaban J connectivity index is 1.93. The molecule has 0 bridgehead atoms. The summed E-state index contributed by atoms with van der Waals surface area (Å²) in [7, 11) is 5.61. The molecule has 0 aromatic heterocycles. The summed E-state index contributed by atoms with van der Waals surface area (Å²) in [6, 6.07) is 13.1. The molecule has 1 atom stereocenters. The van der Waals surface area contributed by atoms with Crippen molar-refractivity contribution in [1.29, 1.82) is 0 Å². The molecule has 2 rings (SSSR count). The predicted molar refractivity (Wildman–Crippen MR) is 110 cm³/mol. The molecular formula is C19H22Cl2N2O2S. The molecule has 26 heavy (non-hydrogen) atoms. The van der Waals surface area contributed by atoms with Gasteiger partial charge in [-0.05, 0) is 50.0 Å². The van der Waals surface area contributed by atoms with Crippen LogP contribution in [0.4, 0.5) is 0 Å². The van der Waals surface area contributed by atoms with Crippen molar-refractivity contribution in [2.45, 2.75) is 10.9 Å². The second kappa shape index (κ2) is 10.1. The Morgan fingerprint density at radius 3 is 2.69 bits per heavy atom. The Kier molecular flexibility index (Phi) is 8.10. The third kappa shape index (κ3) is 6.09. The predicted octanol–water partition coefficient (Wildman–Crippen LogP) is 4.51. The van der Waals surface area contributed by atoms with Gasteiger partial charge in [0.2, 0.25) is 5.91 Å². The molecule has 7 heteroatoms. The van der Waals surface area contributed by atoms with Crippen LogP contribution < -0.4 is 10.1 Å². The Bertz CT molecular complexity index is 756. The number of hydrogen-bond donors (Lipinski definition) is 1. The van der Waals surface area contributed by atoms with Gasteiger partial charge in [0.25, 0.3) is 0 Å². The minimum Gasteiger partial charge on any atom is -0.497 e. The van der Waals surface area contributed by atoms with Crippen LogP contribution in [-0.4, -0.2) is 44.3 Å². The fraction of sp³-hybridized carbons (Fsp3) is 0.316. The third-order valence-electron chi connectivity index (χ3n) is 3.85. The molecule has 2 aromatic carbocycles. The van der Waals surface area contributed by atoms with E-state index in [9.17, 15) is 4.79 Å². The Morgan fingerprint density at radius 1 is 1.23 bits per heavy atom. The minimum absolute atomic E-state index is 0.0498. The minimum atomic E-state index is -0.0548. The monoisotopic (exact) mass is 412 g/mol. The lowest BCUT2D eigenvalue weighted by molar-refractivity contribution is -0.118. The van der Waals surface area contributed by atoms with Crippen LogP contribution in [0.3, 0.4) is 0 Å². The fourth-order valence-electron chi connectivity index (χ4n) is 2.44. The molecule has 2 aromatic rings. The molecule has 1 unspecified atom stereocenters. The summed E-state index contributed by atoms with van der Waals surface area (Å²) in [6.07, 6.45) is 0. The van der Waals surface area contributed by atoms with Crippen molar-refractivity contribution in [3.05, 3.63) is 58.1 Å². The topological polar surface area (TPSA) is 41.6 Å². The molecule has 1 amide bonds. The number of carbonyl (C=O) groups is 1. The van der Waals surface area contributed by atoms with Crippen LogP contribution in [0.25, 0.3) is 0 Å². The molecule has 0 saturated carbocycles. The first kappa shape index (κ1) is 20.9. The second-order valence-corrected chi connectivity index (χ2v) is 7.78. The zero-order valence-electron chi connectivity index (χ0n) is 15.0. The van der Waals surface area contributed by atoms with Gasteiger partial charge < -0.3 is 15.0 Å². The van der Waals surface area contributed by atoms with Gasteiger partial charge in [0, 0.05) is 16.5 Å². The number of rotatable bonds is 8. The van der Waals surface area contributed by atoms with E-state index in [1.54, 1.807) is 25.3 Å². The van der Waals surface area contributed by atoms with Crippen molar-refractivity contribution in [2.24, 2.45) is 0 Å². The summed E-state index contributed by atoms with van der Waals surface area (Å²) in [6.45, 7) is 0.503. The van der Waals surface area contributed by atoms with Crippen LogP contribution in [0.15, 0.2) is 47.4 Å². The number of benzene rings is 2. The highest BCUT2D eigenvalue weighted by molar-refractivity contribution is 8.00. The number of methoxy groups -OCH3 is 1. The quantitative estimate of drug-likeness (QED) is 0.647. The number of likely N-dealkylation sites (N-methyl/N-ethyl adjacent to an activating group) is 1. The van der Waals surface area contributed by atoms with Crippen LogP contribution in [0.1, 0.15) is 11.6 Å². The molecular weight excluding hydrogens is 391 g/mol. The average molecular weight is 413 g/mol. The Morgan fingerprint density at radius 2 is 2.00 bits per heavy atom. The zero-order valence-corrected chi connectivity index (χ0v) is 17.3. The molecule has 4 nitrogen and oxygen atoms in total. The van der Waals surface area contributed by atoms with E-state index in [1.807, 2.05) is 38.4 Å². The van der Waals surface area contributed by atoms with Crippen molar-refractivity contribution in [3.8, 4) is 5.75 Å². The van der Waals surface area contributed by atoms with Crippen LogP contribution in [0.5, 0.6) is 5.75 Å². The summed E-state index contributed by atoms with van der Waals surface area (Å²) in [4.78, 5) is 15.1. The van der Waals surface area contributed by atoms with Crippen LogP contribution in [0.2, 0.25) is 10.0 Å². The maximum absolute atomic E-state index is 12.2. The maximum Gasteiger partial charge on any atom is 0.230 e. The van der Waals surface area contributed by atoms with Gasteiger partial charge in [-0.1, -0.05) is 35.3 Å². The standard InChI is InChI=1S/C19H22Cl2N2O2S/c1-23(2)17(13-5-4-6-15(9-13)25-3)11-22-19(24)12-26-18-10-14(20)7-8-16(18)21/h4-10,17H,11-12H2,1-3H3,(H,22,24). The van der Waals surface area contributed by atoms with Crippen molar-refractivity contribution in [1.82, 2.24) is 10.2 Å². The lowest BCUT2D eigenvalue weighted by Crippen LogP contribution is -2.35. The lowest BCUT2D eigenvalue weighted by atomic mass is 10.1. The van der Waals surface area contributed by atoms with E-state index in [2.05, 4.69) is 10.2 Å². The molecule has 140 valence electrons. The second-order valence-electron chi connectivity index (χ2n) is 5.92. The highest BCUT2D eigenvalue weighted by Gasteiger charge is 2.16. The SMILES string of the molecule is COc1cccc(C(CNC(=O)CSc2cc(Cl)ccc2Cl)N(C)C)c1. The summed E-state index contributed by atoms with van der Waals surface area (Å²) >= 11 is 13.5. The van der Waals surface area contributed by atoms with Crippen molar-refractivity contribution < 1.29 is 9.53 Å². The van der Waals surface area contributed by atoms with E-state index in [0.29, 0.717) is 16.6 Å². The van der Waals surface area contributed by atoms with Crippen molar-refractivity contribution >= 4 is 40.9 Å². The molecule has 1 N–H and O–H groups in total. The molecule has 0 aliphatic carbocycles. The number of ether oxygens (including phenoxy) is 1. The zero-order chi connectivity index (χ0) is 19.1. The van der Waals surface area contributed by atoms with Crippen molar-refractivity contribution in [3.63, 3.8) is 0 Å². The molecule has 0 aliphatic rings. The van der Waals surface area contributed by atoms with Crippen LogP contribution in [-0.2, 0) is 4.79 Å². The van der Waals surface area contributed by atoms with Gasteiger partial charge in [-0.2, -0.15) is 0 Å². The summed E-state index contributed by atoms with van der Waals surface area (Å²) < 4.78 is 5.29. The van der Waals surface area contributed by atoms with Gasteiger partial charge in [-0.25, -0.2) is 0 Å². The van der Waals surface area contributed by atoms with E-state index in [4.69, 9.17) is 27.9 Å².